The summed E-state index contributed by atoms with van der Waals surface area (Å²) in [4.78, 5) is 10.8. The maximum absolute atomic E-state index is 10.8. The van der Waals surface area contributed by atoms with Crippen LogP contribution < -0.4 is 0 Å². The lowest BCUT2D eigenvalue weighted by Crippen LogP contribution is -2.12. The van der Waals surface area contributed by atoms with Crippen LogP contribution in [0.5, 0.6) is 0 Å². The standard InChI is InChI=1S/C5H6N2O3/c8-5-3(6-9)1-2-4(5)7-10/h9-10H,1-2H2. The molecule has 0 heterocycles. The summed E-state index contributed by atoms with van der Waals surface area (Å²) in [7, 11) is 0. The van der Waals surface area contributed by atoms with Crippen LogP contribution >= 0.6 is 0 Å². The zero-order valence-corrected chi connectivity index (χ0v) is 5.11. The molecule has 1 rings (SSSR count). The van der Waals surface area contributed by atoms with Crippen molar-refractivity contribution in [3.63, 3.8) is 0 Å². The summed E-state index contributed by atoms with van der Waals surface area (Å²) in [5, 5.41) is 21.8. The molecule has 0 atom stereocenters. The fourth-order valence-corrected chi connectivity index (χ4v) is 0.821. The molecular formula is C5H6N2O3. The lowest BCUT2D eigenvalue weighted by Gasteiger charge is -1.84. The van der Waals surface area contributed by atoms with Crippen molar-refractivity contribution in [3.05, 3.63) is 0 Å². The molecule has 0 bridgehead atoms. The highest BCUT2D eigenvalue weighted by Crippen LogP contribution is 2.08. The second-order valence-corrected chi connectivity index (χ2v) is 1.92. The van der Waals surface area contributed by atoms with Crippen molar-refractivity contribution in [1.82, 2.24) is 0 Å². The van der Waals surface area contributed by atoms with E-state index < -0.39 is 5.78 Å². The maximum Gasteiger partial charge on any atom is 0.228 e. The Morgan fingerprint density at radius 1 is 1.10 bits per heavy atom. The second-order valence-electron chi connectivity index (χ2n) is 1.92. The monoisotopic (exact) mass is 142 g/mol. The minimum atomic E-state index is -0.468. The third kappa shape index (κ3) is 0.854. The van der Waals surface area contributed by atoms with Crippen LogP contribution in [0.3, 0.4) is 0 Å². The number of carbonyl (C=O) groups is 1. The van der Waals surface area contributed by atoms with E-state index in [0.717, 1.165) is 0 Å². The molecule has 1 aliphatic carbocycles. The van der Waals surface area contributed by atoms with Crippen molar-refractivity contribution in [1.29, 1.82) is 0 Å². The van der Waals surface area contributed by atoms with Gasteiger partial charge < -0.3 is 10.4 Å². The highest BCUT2D eigenvalue weighted by atomic mass is 16.4. The van der Waals surface area contributed by atoms with Crippen LogP contribution in [0.2, 0.25) is 0 Å². The van der Waals surface area contributed by atoms with Crippen molar-refractivity contribution < 1.29 is 15.2 Å². The molecule has 0 aliphatic heterocycles. The Bertz CT molecular complexity index is 197. The number of hydrogen-bond acceptors (Lipinski definition) is 5. The summed E-state index contributed by atoms with van der Waals surface area (Å²) in [6, 6.07) is 0. The lowest BCUT2D eigenvalue weighted by atomic mass is 10.3. The minimum absolute atomic E-state index is 0.0628. The number of hydrogen-bond donors (Lipinski definition) is 2. The SMILES string of the molecule is O=C1C(=NO)CCC1=NO. The quantitative estimate of drug-likeness (QED) is 0.369. The van der Waals surface area contributed by atoms with E-state index in [-0.39, 0.29) is 11.4 Å². The van der Waals surface area contributed by atoms with Gasteiger partial charge in [0, 0.05) is 12.8 Å². The Hall–Kier alpha value is -1.39. The Labute approximate surface area is 56.6 Å². The fourth-order valence-electron chi connectivity index (χ4n) is 0.821. The van der Waals surface area contributed by atoms with E-state index in [2.05, 4.69) is 10.3 Å². The number of nitrogens with zero attached hydrogens (tertiary/aromatic N) is 2. The first-order chi connectivity index (χ1) is 4.79. The molecule has 1 fully saturated rings. The molecule has 0 radical (unpaired) electrons. The second kappa shape index (κ2) is 2.47. The number of oxime groups is 2. The predicted octanol–water partition coefficient (Wildman–Crippen LogP) is 0.00970. The Kier molecular flexibility index (Phi) is 1.66. The molecule has 0 unspecified atom stereocenters. The van der Waals surface area contributed by atoms with Crippen LogP contribution in [0.1, 0.15) is 12.8 Å². The highest BCUT2D eigenvalue weighted by molar-refractivity contribution is 6.69. The largest absolute Gasteiger partial charge is 0.411 e. The van der Waals surface area contributed by atoms with Crippen LogP contribution in [-0.2, 0) is 4.79 Å². The maximum atomic E-state index is 10.8. The molecule has 54 valence electrons. The zero-order chi connectivity index (χ0) is 7.56. The summed E-state index contributed by atoms with van der Waals surface area (Å²) in [6.07, 6.45) is 0.712. The summed E-state index contributed by atoms with van der Waals surface area (Å²) >= 11 is 0. The van der Waals surface area contributed by atoms with Crippen LogP contribution in [-0.4, -0.2) is 27.6 Å². The van der Waals surface area contributed by atoms with E-state index in [1.165, 1.54) is 0 Å². The molecule has 1 aliphatic rings. The van der Waals surface area contributed by atoms with E-state index in [4.69, 9.17) is 10.4 Å². The molecular weight excluding hydrogens is 136 g/mol. The van der Waals surface area contributed by atoms with Crippen molar-refractivity contribution in [2.24, 2.45) is 10.3 Å². The highest BCUT2D eigenvalue weighted by Gasteiger charge is 2.27. The van der Waals surface area contributed by atoms with Gasteiger partial charge in [-0.25, -0.2) is 0 Å². The Morgan fingerprint density at radius 3 is 1.70 bits per heavy atom. The minimum Gasteiger partial charge on any atom is -0.411 e. The number of rotatable bonds is 0. The molecule has 0 amide bonds. The van der Waals surface area contributed by atoms with Crippen LogP contribution in [0, 0.1) is 0 Å². The van der Waals surface area contributed by atoms with Gasteiger partial charge >= 0.3 is 0 Å². The van der Waals surface area contributed by atoms with Gasteiger partial charge in [-0.05, 0) is 0 Å². The first-order valence-corrected chi connectivity index (χ1v) is 2.76. The topological polar surface area (TPSA) is 82.2 Å². The van der Waals surface area contributed by atoms with Gasteiger partial charge in [-0.1, -0.05) is 10.3 Å². The van der Waals surface area contributed by atoms with Crippen molar-refractivity contribution in [2.75, 3.05) is 0 Å². The first-order valence-electron chi connectivity index (χ1n) is 2.76. The molecule has 10 heavy (non-hydrogen) atoms. The van der Waals surface area contributed by atoms with Gasteiger partial charge in [0.2, 0.25) is 5.78 Å². The summed E-state index contributed by atoms with van der Waals surface area (Å²) in [5.74, 6) is -0.468. The summed E-state index contributed by atoms with van der Waals surface area (Å²) in [5.41, 5.74) is 0.126. The van der Waals surface area contributed by atoms with E-state index in [0.29, 0.717) is 12.8 Å². The predicted molar refractivity (Wildman–Crippen MR) is 32.7 cm³/mol. The third-order valence-electron chi connectivity index (χ3n) is 1.36. The zero-order valence-electron chi connectivity index (χ0n) is 5.11. The van der Waals surface area contributed by atoms with E-state index in [9.17, 15) is 4.79 Å². The van der Waals surface area contributed by atoms with Crippen LogP contribution in [0.15, 0.2) is 10.3 Å². The Balaban J connectivity index is 2.88. The molecule has 0 spiro atoms. The van der Waals surface area contributed by atoms with Crippen molar-refractivity contribution in [3.8, 4) is 0 Å². The normalized spacial score (nSPS) is 26.6. The Morgan fingerprint density at radius 2 is 1.50 bits per heavy atom. The van der Waals surface area contributed by atoms with Crippen molar-refractivity contribution >= 4 is 17.2 Å². The number of carbonyl (C=O) groups excluding carboxylic acids is 1. The summed E-state index contributed by atoms with van der Waals surface area (Å²) in [6.45, 7) is 0. The van der Waals surface area contributed by atoms with E-state index >= 15 is 0 Å². The van der Waals surface area contributed by atoms with Crippen molar-refractivity contribution in [2.45, 2.75) is 12.8 Å². The van der Waals surface area contributed by atoms with Gasteiger partial charge in [-0.15, -0.1) is 0 Å². The van der Waals surface area contributed by atoms with Gasteiger partial charge in [0.25, 0.3) is 0 Å². The van der Waals surface area contributed by atoms with Gasteiger partial charge in [0.15, 0.2) is 0 Å². The van der Waals surface area contributed by atoms with Gasteiger partial charge in [-0.3, -0.25) is 4.79 Å². The fraction of sp³-hybridized carbons (Fsp3) is 0.400. The molecule has 0 saturated heterocycles. The molecule has 2 N–H and O–H groups in total. The van der Waals surface area contributed by atoms with Gasteiger partial charge in [0.05, 0.1) is 0 Å². The molecule has 5 nitrogen and oxygen atoms in total. The van der Waals surface area contributed by atoms with Gasteiger partial charge in [-0.2, -0.15) is 0 Å². The van der Waals surface area contributed by atoms with Crippen LogP contribution in [0.25, 0.3) is 0 Å². The lowest BCUT2D eigenvalue weighted by molar-refractivity contribution is -0.107. The molecule has 1 saturated carbocycles. The first kappa shape index (κ1) is 6.73. The smallest absolute Gasteiger partial charge is 0.228 e. The van der Waals surface area contributed by atoms with Gasteiger partial charge in [0.1, 0.15) is 11.4 Å². The average Bonchev–Trinajstić information content (AvgIpc) is 2.30. The molecule has 5 heteroatoms. The van der Waals surface area contributed by atoms with E-state index in [1.807, 2.05) is 0 Å². The number of Topliss-reactive ketones (excluding diaryl/α,β-unsaturated/α-hetero) is 1. The third-order valence-corrected chi connectivity index (χ3v) is 1.36. The average molecular weight is 142 g/mol. The molecule has 0 aromatic heterocycles. The summed E-state index contributed by atoms with van der Waals surface area (Å²) < 4.78 is 0. The van der Waals surface area contributed by atoms with E-state index in [1.54, 1.807) is 0 Å². The molecule has 0 aromatic rings. The number of ketones is 1. The molecule has 0 aromatic carbocycles. The van der Waals surface area contributed by atoms with Crippen LogP contribution in [0.4, 0.5) is 0 Å².